The summed E-state index contributed by atoms with van der Waals surface area (Å²) in [7, 11) is 5.72. The van der Waals surface area contributed by atoms with Crippen molar-refractivity contribution in [3.8, 4) is 5.75 Å². The van der Waals surface area contributed by atoms with Crippen molar-refractivity contribution in [1.82, 2.24) is 14.7 Å². The molecule has 1 fully saturated rings. The third kappa shape index (κ3) is 3.15. The lowest BCUT2D eigenvalue weighted by atomic mass is 9.77. The molecule has 5 heteroatoms. The molecule has 1 aliphatic rings. The highest BCUT2D eigenvalue weighted by Crippen LogP contribution is 2.43. The minimum atomic E-state index is -0.800. The lowest BCUT2D eigenvalue weighted by Crippen LogP contribution is -2.35. The molecule has 0 aliphatic heterocycles. The van der Waals surface area contributed by atoms with Gasteiger partial charge in [-0.2, -0.15) is 5.10 Å². The average molecular weight is 281 g/mol. The molecule has 1 saturated carbocycles. The van der Waals surface area contributed by atoms with E-state index in [1.54, 1.807) is 13.3 Å². The monoisotopic (exact) mass is 281 g/mol. The van der Waals surface area contributed by atoms with Gasteiger partial charge >= 0.3 is 0 Å². The zero-order valence-electron chi connectivity index (χ0n) is 13.1. The fourth-order valence-electron chi connectivity index (χ4n) is 3.19. The molecule has 114 valence electrons. The van der Waals surface area contributed by atoms with Gasteiger partial charge in [0.2, 0.25) is 0 Å². The summed E-state index contributed by atoms with van der Waals surface area (Å²) in [6.45, 7) is 3.86. The lowest BCUT2D eigenvalue weighted by molar-refractivity contribution is -0.0273. The summed E-state index contributed by atoms with van der Waals surface area (Å²) in [5.41, 5.74) is 0.0552. The SMILES string of the molecule is COc1cnn(CCN(C)C)c1C1(O)CCCC(C)C1. The molecule has 0 radical (unpaired) electrons. The van der Waals surface area contributed by atoms with Crippen molar-refractivity contribution in [3.63, 3.8) is 0 Å². The first-order chi connectivity index (χ1) is 9.46. The molecule has 0 aromatic carbocycles. The fourth-order valence-corrected chi connectivity index (χ4v) is 3.19. The van der Waals surface area contributed by atoms with E-state index in [4.69, 9.17) is 4.74 Å². The Morgan fingerprint density at radius 3 is 2.90 bits per heavy atom. The minimum Gasteiger partial charge on any atom is -0.493 e. The van der Waals surface area contributed by atoms with Crippen LogP contribution < -0.4 is 4.74 Å². The van der Waals surface area contributed by atoms with Crippen LogP contribution >= 0.6 is 0 Å². The summed E-state index contributed by atoms with van der Waals surface area (Å²) in [6.07, 6.45) is 5.55. The molecule has 2 unspecified atom stereocenters. The van der Waals surface area contributed by atoms with Crippen LogP contribution in [-0.4, -0.2) is 47.5 Å². The first-order valence-corrected chi connectivity index (χ1v) is 7.43. The van der Waals surface area contributed by atoms with Crippen molar-refractivity contribution in [2.24, 2.45) is 5.92 Å². The number of hydrogen-bond acceptors (Lipinski definition) is 4. The second-order valence-electron chi connectivity index (χ2n) is 6.32. The quantitative estimate of drug-likeness (QED) is 0.895. The maximum atomic E-state index is 11.1. The molecule has 1 aliphatic carbocycles. The van der Waals surface area contributed by atoms with Crippen LogP contribution in [0.3, 0.4) is 0 Å². The van der Waals surface area contributed by atoms with E-state index in [1.165, 1.54) is 6.42 Å². The summed E-state index contributed by atoms with van der Waals surface area (Å²) < 4.78 is 7.34. The first kappa shape index (κ1) is 15.3. The molecule has 1 N–H and O–H groups in total. The van der Waals surface area contributed by atoms with Crippen molar-refractivity contribution in [3.05, 3.63) is 11.9 Å². The number of nitrogens with zero attached hydrogens (tertiary/aromatic N) is 3. The van der Waals surface area contributed by atoms with E-state index in [0.717, 1.165) is 38.0 Å². The van der Waals surface area contributed by atoms with Crippen LogP contribution in [0.25, 0.3) is 0 Å². The van der Waals surface area contributed by atoms with Crippen LogP contribution in [-0.2, 0) is 12.1 Å². The normalized spacial score (nSPS) is 27.0. The number of ether oxygens (including phenoxy) is 1. The molecule has 1 heterocycles. The minimum absolute atomic E-state index is 0.538. The Labute approximate surface area is 121 Å². The van der Waals surface area contributed by atoms with E-state index >= 15 is 0 Å². The van der Waals surface area contributed by atoms with Gasteiger partial charge in [0.25, 0.3) is 0 Å². The van der Waals surface area contributed by atoms with Crippen LogP contribution in [0.5, 0.6) is 5.75 Å². The Morgan fingerprint density at radius 2 is 2.30 bits per heavy atom. The van der Waals surface area contributed by atoms with Crippen molar-refractivity contribution >= 4 is 0 Å². The highest BCUT2D eigenvalue weighted by molar-refractivity contribution is 5.31. The van der Waals surface area contributed by atoms with Crippen molar-refractivity contribution < 1.29 is 9.84 Å². The Balaban J connectivity index is 2.29. The van der Waals surface area contributed by atoms with Gasteiger partial charge in [0, 0.05) is 6.54 Å². The second-order valence-corrected chi connectivity index (χ2v) is 6.32. The van der Waals surface area contributed by atoms with Crippen molar-refractivity contribution in [1.29, 1.82) is 0 Å². The van der Waals surface area contributed by atoms with Crippen LogP contribution in [0.4, 0.5) is 0 Å². The molecule has 0 spiro atoms. The smallest absolute Gasteiger partial charge is 0.162 e. The fraction of sp³-hybridized carbons (Fsp3) is 0.800. The predicted molar refractivity (Wildman–Crippen MR) is 78.9 cm³/mol. The molecule has 0 saturated heterocycles. The van der Waals surface area contributed by atoms with Gasteiger partial charge in [0.15, 0.2) is 5.75 Å². The van der Waals surface area contributed by atoms with Gasteiger partial charge in [-0.05, 0) is 39.3 Å². The summed E-state index contributed by atoms with van der Waals surface area (Å²) in [4.78, 5) is 2.12. The Bertz CT molecular complexity index is 444. The third-order valence-electron chi connectivity index (χ3n) is 4.20. The van der Waals surface area contributed by atoms with E-state index in [2.05, 4.69) is 16.9 Å². The molecule has 0 amide bonds. The van der Waals surface area contributed by atoms with Crippen molar-refractivity contribution in [2.45, 2.75) is 44.8 Å². The molecule has 0 bridgehead atoms. The van der Waals surface area contributed by atoms with E-state index in [0.29, 0.717) is 11.7 Å². The molecule has 5 nitrogen and oxygen atoms in total. The highest BCUT2D eigenvalue weighted by atomic mass is 16.5. The molecule has 20 heavy (non-hydrogen) atoms. The summed E-state index contributed by atoms with van der Waals surface area (Å²) >= 11 is 0. The highest BCUT2D eigenvalue weighted by Gasteiger charge is 2.39. The van der Waals surface area contributed by atoms with Gasteiger partial charge in [0.1, 0.15) is 11.3 Å². The standard InChI is InChI=1S/C15H27N3O2/c1-12-6-5-7-15(19,10-12)14-13(20-4)11-16-18(14)9-8-17(2)3/h11-12,19H,5-10H2,1-4H3. The number of aromatic nitrogens is 2. The molecule has 2 atom stereocenters. The first-order valence-electron chi connectivity index (χ1n) is 7.43. The zero-order chi connectivity index (χ0) is 14.8. The van der Waals surface area contributed by atoms with E-state index in [1.807, 2.05) is 18.8 Å². The zero-order valence-corrected chi connectivity index (χ0v) is 13.1. The van der Waals surface area contributed by atoms with Crippen LogP contribution in [0.1, 0.15) is 38.3 Å². The van der Waals surface area contributed by atoms with Crippen LogP contribution in [0.2, 0.25) is 0 Å². The Kier molecular flexibility index (Phi) is 4.70. The number of hydrogen-bond donors (Lipinski definition) is 1. The summed E-state index contributed by atoms with van der Waals surface area (Å²) in [6, 6.07) is 0. The topological polar surface area (TPSA) is 50.5 Å². The van der Waals surface area contributed by atoms with Crippen LogP contribution in [0.15, 0.2) is 6.20 Å². The van der Waals surface area contributed by atoms with Gasteiger partial charge in [-0.1, -0.05) is 13.3 Å². The van der Waals surface area contributed by atoms with Gasteiger partial charge in [-0.25, -0.2) is 0 Å². The van der Waals surface area contributed by atoms with E-state index in [-0.39, 0.29) is 0 Å². The maximum Gasteiger partial charge on any atom is 0.162 e. The van der Waals surface area contributed by atoms with E-state index < -0.39 is 5.60 Å². The number of rotatable bonds is 5. The van der Waals surface area contributed by atoms with E-state index in [9.17, 15) is 5.11 Å². The molecular weight excluding hydrogens is 254 g/mol. The average Bonchev–Trinajstić information content (AvgIpc) is 2.79. The Hall–Kier alpha value is -1.07. The molecular formula is C15H27N3O2. The number of aliphatic hydroxyl groups is 1. The summed E-state index contributed by atoms with van der Waals surface area (Å²) in [5, 5.41) is 15.5. The number of methoxy groups -OCH3 is 1. The van der Waals surface area contributed by atoms with Gasteiger partial charge in [-0.15, -0.1) is 0 Å². The lowest BCUT2D eigenvalue weighted by Gasteiger charge is -2.36. The molecule has 2 rings (SSSR count). The molecule has 1 aromatic rings. The van der Waals surface area contributed by atoms with Gasteiger partial charge in [0.05, 0.1) is 19.9 Å². The van der Waals surface area contributed by atoms with Crippen molar-refractivity contribution in [2.75, 3.05) is 27.7 Å². The number of likely N-dealkylation sites (N-methyl/N-ethyl adjacent to an activating group) is 1. The summed E-state index contributed by atoms with van der Waals surface area (Å²) in [5.74, 6) is 1.25. The second kappa shape index (κ2) is 6.14. The van der Waals surface area contributed by atoms with Gasteiger partial charge < -0.3 is 14.7 Å². The molecule has 1 aromatic heterocycles. The largest absolute Gasteiger partial charge is 0.493 e. The maximum absolute atomic E-state index is 11.1. The van der Waals surface area contributed by atoms with Gasteiger partial charge in [-0.3, -0.25) is 4.68 Å². The predicted octanol–water partition coefficient (Wildman–Crippen LogP) is 1.85. The Morgan fingerprint density at radius 1 is 1.55 bits per heavy atom. The van der Waals surface area contributed by atoms with Crippen LogP contribution in [0, 0.1) is 5.92 Å². The third-order valence-corrected chi connectivity index (χ3v) is 4.20.